The van der Waals surface area contributed by atoms with E-state index in [2.05, 4.69) is 41.6 Å². The van der Waals surface area contributed by atoms with E-state index in [9.17, 15) is 0 Å². The molecular weight excluding hydrogens is 198 g/mol. The van der Waals surface area contributed by atoms with Gasteiger partial charge in [0.05, 0.1) is 5.69 Å². The van der Waals surface area contributed by atoms with Crippen LogP contribution in [-0.2, 0) is 13.5 Å². The highest BCUT2D eigenvalue weighted by molar-refractivity contribution is 5.71. The van der Waals surface area contributed by atoms with Crippen LogP contribution in [0.3, 0.4) is 0 Å². The molecule has 0 spiro atoms. The van der Waals surface area contributed by atoms with Gasteiger partial charge in [0, 0.05) is 24.7 Å². The average molecular weight is 213 g/mol. The zero-order valence-electron chi connectivity index (χ0n) is 9.62. The molecule has 16 heavy (non-hydrogen) atoms. The second kappa shape index (κ2) is 3.37. The van der Waals surface area contributed by atoms with Crippen LogP contribution in [0, 0.1) is 6.92 Å². The molecule has 1 N–H and O–H groups in total. The molecule has 0 atom stereocenters. The van der Waals surface area contributed by atoms with Crippen LogP contribution in [0.5, 0.6) is 0 Å². The molecule has 0 fully saturated rings. The molecule has 2 heterocycles. The first-order chi connectivity index (χ1) is 7.75. The normalized spacial score (nSPS) is 13.6. The molecule has 0 unspecified atom stereocenters. The Morgan fingerprint density at radius 2 is 2.00 bits per heavy atom. The van der Waals surface area contributed by atoms with Gasteiger partial charge in [-0.05, 0) is 13.3 Å². The molecule has 3 heteroatoms. The lowest BCUT2D eigenvalue weighted by atomic mass is 10.1. The Bertz CT molecular complexity index is 523. The van der Waals surface area contributed by atoms with E-state index in [1.807, 2.05) is 11.7 Å². The Labute approximate surface area is 95.1 Å². The van der Waals surface area contributed by atoms with E-state index in [-0.39, 0.29) is 0 Å². The van der Waals surface area contributed by atoms with Gasteiger partial charge in [-0.2, -0.15) is 5.10 Å². The number of hydrogen-bond donors (Lipinski definition) is 1. The second-order valence-electron chi connectivity index (χ2n) is 4.34. The molecule has 82 valence electrons. The fraction of sp³-hybridized carbons (Fsp3) is 0.308. The summed E-state index contributed by atoms with van der Waals surface area (Å²) in [5.74, 6) is 1.18. The van der Waals surface area contributed by atoms with Crippen molar-refractivity contribution in [1.82, 2.24) is 9.78 Å². The van der Waals surface area contributed by atoms with E-state index >= 15 is 0 Å². The maximum Gasteiger partial charge on any atom is 0.127 e. The van der Waals surface area contributed by atoms with E-state index in [0.717, 1.165) is 18.7 Å². The predicted octanol–water partition coefficient (Wildman–Crippen LogP) is 2.36. The van der Waals surface area contributed by atoms with Crippen molar-refractivity contribution in [2.24, 2.45) is 7.05 Å². The van der Waals surface area contributed by atoms with Crippen molar-refractivity contribution in [3.05, 3.63) is 35.4 Å². The topological polar surface area (TPSA) is 29.9 Å². The zero-order chi connectivity index (χ0) is 11.1. The van der Waals surface area contributed by atoms with E-state index < -0.39 is 0 Å². The maximum atomic E-state index is 4.59. The standard InChI is InChI=1S/C13H15N3/c1-9-3-5-10(6-4-9)12-11-7-8-14-13(11)16(2)15-12/h3-6,14H,7-8H2,1-2H3. The summed E-state index contributed by atoms with van der Waals surface area (Å²) in [6, 6.07) is 8.57. The summed E-state index contributed by atoms with van der Waals surface area (Å²) in [5.41, 5.74) is 4.98. The number of hydrogen-bond acceptors (Lipinski definition) is 2. The van der Waals surface area contributed by atoms with Gasteiger partial charge in [0.2, 0.25) is 0 Å². The molecule has 1 aromatic carbocycles. The van der Waals surface area contributed by atoms with Crippen molar-refractivity contribution in [2.45, 2.75) is 13.3 Å². The van der Waals surface area contributed by atoms with Gasteiger partial charge in [-0.1, -0.05) is 29.8 Å². The molecule has 1 aromatic heterocycles. The Morgan fingerprint density at radius 1 is 1.25 bits per heavy atom. The molecule has 0 saturated carbocycles. The van der Waals surface area contributed by atoms with Crippen LogP contribution in [0.2, 0.25) is 0 Å². The highest BCUT2D eigenvalue weighted by Gasteiger charge is 2.21. The van der Waals surface area contributed by atoms with Gasteiger partial charge in [-0.3, -0.25) is 4.68 Å². The number of anilines is 1. The summed E-state index contributed by atoms with van der Waals surface area (Å²) in [7, 11) is 1.99. The van der Waals surface area contributed by atoms with Crippen molar-refractivity contribution < 1.29 is 0 Å². The Hall–Kier alpha value is -1.77. The molecule has 0 amide bonds. The minimum absolute atomic E-state index is 1.03. The van der Waals surface area contributed by atoms with Crippen LogP contribution >= 0.6 is 0 Å². The monoisotopic (exact) mass is 213 g/mol. The molecule has 1 aliphatic rings. The van der Waals surface area contributed by atoms with Crippen LogP contribution in [0.25, 0.3) is 11.3 Å². The highest BCUT2D eigenvalue weighted by atomic mass is 15.3. The molecule has 0 saturated heterocycles. The van der Waals surface area contributed by atoms with Gasteiger partial charge in [0.1, 0.15) is 5.82 Å². The van der Waals surface area contributed by atoms with Gasteiger partial charge < -0.3 is 5.32 Å². The van der Waals surface area contributed by atoms with Crippen molar-refractivity contribution in [2.75, 3.05) is 11.9 Å². The quantitative estimate of drug-likeness (QED) is 0.788. The van der Waals surface area contributed by atoms with Gasteiger partial charge in [-0.25, -0.2) is 0 Å². The van der Waals surface area contributed by atoms with E-state index in [1.54, 1.807) is 0 Å². The summed E-state index contributed by atoms with van der Waals surface area (Å²) in [6.45, 7) is 3.13. The molecule has 3 nitrogen and oxygen atoms in total. The van der Waals surface area contributed by atoms with E-state index in [0.29, 0.717) is 0 Å². The molecular formula is C13H15N3. The van der Waals surface area contributed by atoms with Gasteiger partial charge in [0.15, 0.2) is 0 Å². The van der Waals surface area contributed by atoms with Crippen molar-refractivity contribution in [3.8, 4) is 11.3 Å². The Morgan fingerprint density at radius 3 is 2.75 bits per heavy atom. The Kier molecular flexibility index (Phi) is 1.99. The third kappa shape index (κ3) is 1.32. The lowest BCUT2D eigenvalue weighted by molar-refractivity contribution is 0.775. The minimum atomic E-state index is 1.03. The predicted molar refractivity (Wildman–Crippen MR) is 65.6 cm³/mol. The number of nitrogens with one attached hydrogen (secondary N) is 1. The summed E-state index contributed by atoms with van der Waals surface area (Å²) >= 11 is 0. The zero-order valence-corrected chi connectivity index (χ0v) is 9.62. The third-order valence-electron chi connectivity index (χ3n) is 3.14. The average Bonchev–Trinajstić information content (AvgIpc) is 2.84. The molecule has 0 aliphatic carbocycles. The fourth-order valence-corrected chi connectivity index (χ4v) is 2.28. The van der Waals surface area contributed by atoms with Crippen molar-refractivity contribution >= 4 is 5.82 Å². The molecule has 1 aliphatic heterocycles. The molecule has 3 rings (SSSR count). The van der Waals surface area contributed by atoms with Gasteiger partial charge in [0.25, 0.3) is 0 Å². The Balaban J connectivity index is 2.13. The summed E-state index contributed by atoms with van der Waals surface area (Å²) in [4.78, 5) is 0. The number of aromatic nitrogens is 2. The van der Waals surface area contributed by atoms with Crippen molar-refractivity contribution in [1.29, 1.82) is 0 Å². The maximum absolute atomic E-state index is 4.59. The number of benzene rings is 1. The van der Waals surface area contributed by atoms with Crippen LogP contribution in [0.1, 0.15) is 11.1 Å². The van der Waals surface area contributed by atoms with E-state index in [4.69, 9.17) is 0 Å². The lowest BCUT2D eigenvalue weighted by Gasteiger charge is -2.00. The summed E-state index contributed by atoms with van der Waals surface area (Å²) < 4.78 is 1.94. The number of fused-ring (bicyclic) bond motifs is 1. The summed E-state index contributed by atoms with van der Waals surface area (Å²) in [6.07, 6.45) is 1.08. The van der Waals surface area contributed by atoms with Crippen LogP contribution < -0.4 is 5.32 Å². The molecule has 2 aromatic rings. The van der Waals surface area contributed by atoms with Crippen LogP contribution in [0.15, 0.2) is 24.3 Å². The fourth-order valence-electron chi connectivity index (χ4n) is 2.28. The third-order valence-corrected chi connectivity index (χ3v) is 3.14. The number of nitrogens with zero attached hydrogens (tertiary/aromatic N) is 2. The lowest BCUT2D eigenvalue weighted by Crippen LogP contribution is -2.01. The van der Waals surface area contributed by atoms with Crippen molar-refractivity contribution in [3.63, 3.8) is 0 Å². The van der Waals surface area contributed by atoms with Gasteiger partial charge >= 0.3 is 0 Å². The SMILES string of the molecule is Cc1ccc(-c2nn(C)c3c2CCN3)cc1. The van der Waals surface area contributed by atoms with E-state index in [1.165, 1.54) is 22.5 Å². The highest BCUT2D eigenvalue weighted by Crippen LogP contribution is 2.31. The molecule has 0 bridgehead atoms. The van der Waals surface area contributed by atoms with Crippen LogP contribution in [-0.4, -0.2) is 16.3 Å². The number of aryl methyl sites for hydroxylation is 2. The summed E-state index contributed by atoms with van der Waals surface area (Å²) in [5, 5.41) is 7.96. The largest absolute Gasteiger partial charge is 0.370 e. The minimum Gasteiger partial charge on any atom is -0.370 e. The first-order valence-electron chi connectivity index (χ1n) is 5.62. The number of rotatable bonds is 1. The van der Waals surface area contributed by atoms with Crippen LogP contribution in [0.4, 0.5) is 5.82 Å². The molecule has 0 radical (unpaired) electrons. The first kappa shape index (κ1) is 9.46. The second-order valence-corrected chi connectivity index (χ2v) is 4.34. The first-order valence-corrected chi connectivity index (χ1v) is 5.62. The smallest absolute Gasteiger partial charge is 0.127 e. The van der Waals surface area contributed by atoms with Gasteiger partial charge in [-0.15, -0.1) is 0 Å².